The van der Waals surface area contributed by atoms with E-state index in [-0.39, 0.29) is 30.7 Å². The number of fused-ring (bicyclic) bond motifs is 1. The van der Waals surface area contributed by atoms with E-state index in [1.165, 1.54) is 17.4 Å². The highest BCUT2D eigenvalue weighted by molar-refractivity contribution is 7.22. The Morgan fingerprint density at radius 2 is 1.87 bits per heavy atom. The van der Waals surface area contributed by atoms with Crippen molar-refractivity contribution < 1.29 is 13.9 Å². The summed E-state index contributed by atoms with van der Waals surface area (Å²) in [4.78, 5) is 21.3. The van der Waals surface area contributed by atoms with Crippen molar-refractivity contribution in [2.24, 2.45) is 0 Å². The topological polar surface area (TPSA) is 45.7 Å². The standard InChI is InChI=1S/C22H26FN3O2S.ClH/c1-4-25(5-2)12-13-26(20(27)15-28-17-9-6-8-16(3)14-17)22-24-21-18(23)10-7-11-19(21)29-22;/h6-11,14H,4-5,12-13,15H2,1-3H3;1H. The van der Waals surface area contributed by atoms with Crippen molar-refractivity contribution in [1.29, 1.82) is 0 Å². The fourth-order valence-electron chi connectivity index (χ4n) is 3.06. The van der Waals surface area contributed by atoms with Gasteiger partial charge < -0.3 is 9.64 Å². The summed E-state index contributed by atoms with van der Waals surface area (Å²) in [6.45, 7) is 9.02. The first kappa shape index (κ1) is 24.1. The highest BCUT2D eigenvalue weighted by Crippen LogP contribution is 2.30. The molecule has 5 nitrogen and oxygen atoms in total. The Hall–Kier alpha value is -2.22. The van der Waals surface area contributed by atoms with Crippen LogP contribution in [-0.4, -0.2) is 48.6 Å². The third-order valence-electron chi connectivity index (χ3n) is 4.78. The highest BCUT2D eigenvalue weighted by atomic mass is 35.5. The largest absolute Gasteiger partial charge is 0.484 e. The van der Waals surface area contributed by atoms with Gasteiger partial charge in [0.05, 0.1) is 4.70 Å². The molecule has 0 aliphatic heterocycles. The number of hydrogen-bond donors (Lipinski definition) is 0. The maximum absolute atomic E-state index is 14.1. The molecule has 3 aromatic rings. The molecule has 0 saturated heterocycles. The smallest absolute Gasteiger partial charge is 0.266 e. The van der Waals surface area contributed by atoms with Gasteiger partial charge in [0.2, 0.25) is 0 Å². The maximum Gasteiger partial charge on any atom is 0.266 e. The van der Waals surface area contributed by atoms with Gasteiger partial charge in [0.1, 0.15) is 17.1 Å². The van der Waals surface area contributed by atoms with Gasteiger partial charge in [-0.05, 0) is 49.8 Å². The number of rotatable bonds is 9. The number of carbonyl (C=O) groups excluding carboxylic acids is 1. The molecule has 30 heavy (non-hydrogen) atoms. The second kappa shape index (κ2) is 11.2. The monoisotopic (exact) mass is 451 g/mol. The molecule has 0 aliphatic rings. The molecule has 2 aromatic carbocycles. The van der Waals surface area contributed by atoms with Gasteiger partial charge in [-0.1, -0.05) is 43.4 Å². The summed E-state index contributed by atoms with van der Waals surface area (Å²) in [6.07, 6.45) is 0. The molecule has 0 radical (unpaired) electrons. The zero-order chi connectivity index (χ0) is 20.8. The zero-order valence-electron chi connectivity index (χ0n) is 17.4. The Bertz CT molecular complexity index is 978. The van der Waals surface area contributed by atoms with E-state index in [1.807, 2.05) is 37.3 Å². The van der Waals surface area contributed by atoms with Crippen LogP contribution in [0.3, 0.4) is 0 Å². The molecule has 1 aromatic heterocycles. The van der Waals surface area contributed by atoms with Gasteiger partial charge >= 0.3 is 0 Å². The van der Waals surface area contributed by atoms with Crippen molar-refractivity contribution in [2.45, 2.75) is 20.8 Å². The molecule has 162 valence electrons. The van der Waals surface area contributed by atoms with Crippen molar-refractivity contribution in [3.63, 3.8) is 0 Å². The lowest BCUT2D eigenvalue weighted by Gasteiger charge is -2.24. The number of carbonyl (C=O) groups is 1. The van der Waals surface area contributed by atoms with Gasteiger partial charge in [-0.2, -0.15) is 0 Å². The van der Waals surface area contributed by atoms with Crippen molar-refractivity contribution in [3.8, 4) is 5.75 Å². The molecule has 1 amide bonds. The Morgan fingerprint density at radius 1 is 1.13 bits per heavy atom. The van der Waals surface area contributed by atoms with E-state index in [0.29, 0.717) is 29.5 Å². The van der Waals surface area contributed by atoms with Crippen molar-refractivity contribution in [1.82, 2.24) is 9.88 Å². The van der Waals surface area contributed by atoms with Crippen LogP contribution >= 0.6 is 23.7 Å². The molecule has 0 atom stereocenters. The second-order valence-electron chi connectivity index (χ2n) is 6.76. The number of aromatic nitrogens is 1. The van der Waals surface area contributed by atoms with E-state index in [0.717, 1.165) is 23.4 Å². The van der Waals surface area contributed by atoms with Crippen LogP contribution in [0.5, 0.6) is 5.75 Å². The average Bonchev–Trinajstić information content (AvgIpc) is 3.15. The Kier molecular flexibility index (Phi) is 9.02. The van der Waals surface area contributed by atoms with Crippen LogP contribution in [0.25, 0.3) is 10.2 Å². The van der Waals surface area contributed by atoms with E-state index >= 15 is 0 Å². The first-order valence-electron chi connectivity index (χ1n) is 9.79. The molecule has 0 saturated carbocycles. The van der Waals surface area contributed by atoms with Gasteiger partial charge in [0.25, 0.3) is 5.91 Å². The number of likely N-dealkylation sites (N-methyl/N-ethyl adjacent to an activating group) is 1. The minimum Gasteiger partial charge on any atom is -0.484 e. The minimum absolute atomic E-state index is 0. The molecule has 8 heteroatoms. The number of ether oxygens (including phenoxy) is 1. The fraction of sp³-hybridized carbons (Fsp3) is 0.364. The van der Waals surface area contributed by atoms with Crippen LogP contribution < -0.4 is 9.64 Å². The quantitative estimate of drug-likeness (QED) is 0.463. The number of para-hydroxylation sites is 1. The Labute approximate surface area is 186 Å². The summed E-state index contributed by atoms with van der Waals surface area (Å²) in [5.41, 5.74) is 1.36. The van der Waals surface area contributed by atoms with Crippen LogP contribution in [0.4, 0.5) is 9.52 Å². The molecule has 0 unspecified atom stereocenters. The summed E-state index contributed by atoms with van der Waals surface area (Å²) in [6, 6.07) is 12.4. The molecule has 1 heterocycles. The summed E-state index contributed by atoms with van der Waals surface area (Å²) < 4.78 is 20.5. The van der Waals surface area contributed by atoms with Crippen LogP contribution in [0, 0.1) is 12.7 Å². The third-order valence-corrected chi connectivity index (χ3v) is 5.82. The molecule has 0 N–H and O–H groups in total. The normalized spacial score (nSPS) is 10.8. The number of thiazole rings is 1. The molecule has 0 aliphatic carbocycles. The van der Waals surface area contributed by atoms with E-state index in [9.17, 15) is 9.18 Å². The Morgan fingerprint density at radius 3 is 2.53 bits per heavy atom. The van der Waals surface area contributed by atoms with Crippen LogP contribution in [0.1, 0.15) is 19.4 Å². The number of amides is 1. The number of anilines is 1. The van der Waals surface area contributed by atoms with E-state index < -0.39 is 0 Å². The fourth-order valence-corrected chi connectivity index (χ4v) is 4.08. The number of halogens is 2. The van der Waals surface area contributed by atoms with Crippen LogP contribution in [0.2, 0.25) is 0 Å². The van der Waals surface area contributed by atoms with Gasteiger partial charge in [0, 0.05) is 13.1 Å². The average molecular weight is 452 g/mol. The van der Waals surface area contributed by atoms with Crippen molar-refractivity contribution >= 4 is 45.0 Å². The SMILES string of the molecule is CCN(CC)CCN(C(=O)COc1cccc(C)c1)c1nc2c(F)cccc2s1.Cl. The van der Waals surface area contributed by atoms with Gasteiger partial charge in [-0.3, -0.25) is 9.69 Å². The van der Waals surface area contributed by atoms with Crippen molar-refractivity contribution in [2.75, 3.05) is 37.7 Å². The lowest BCUT2D eigenvalue weighted by molar-refractivity contribution is -0.120. The van der Waals surface area contributed by atoms with Gasteiger partial charge in [-0.15, -0.1) is 12.4 Å². The zero-order valence-corrected chi connectivity index (χ0v) is 19.1. The highest BCUT2D eigenvalue weighted by Gasteiger charge is 2.22. The van der Waals surface area contributed by atoms with E-state index in [4.69, 9.17) is 4.74 Å². The summed E-state index contributed by atoms with van der Waals surface area (Å²) in [7, 11) is 0. The predicted molar refractivity (Wildman–Crippen MR) is 124 cm³/mol. The molecule has 3 rings (SSSR count). The summed E-state index contributed by atoms with van der Waals surface area (Å²) >= 11 is 1.32. The first-order chi connectivity index (χ1) is 14.0. The number of benzene rings is 2. The molecular formula is C22H27ClFN3O2S. The van der Waals surface area contributed by atoms with Crippen LogP contribution in [0.15, 0.2) is 42.5 Å². The molecular weight excluding hydrogens is 425 g/mol. The van der Waals surface area contributed by atoms with Gasteiger partial charge in [0.15, 0.2) is 11.7 Å². The minimum atomic E-state index is -0.378. The summed E-state index contributed by atoms with van der Waals surface area (Å²) in [5, 5.41) is 0.495. The third kappa shape index (κ3) is 5.90. The van der Waals surface area contributed by atoms with Crippen molar-refractivity contribution in [3.05, 3.63) is 53.8 Å². The number of nitrogens with zero attached hydrogens (tertiary/aromatic N) is 3. The lowest BCUT2D eigenvalue weighted by atomic mass is 10.2. The molecule has 0 spiro atoms. The number of aryl methyl sites for hydroxylation is 1. The Balaban J connectivity index is 0.00000320. The predicted octanol–water partition coefficient (Wildman–Crippen LogP) is 4.92. The molecule has 0 bridgehead atoms. The van der Waals surface area contributed by atoms with Crippen LogP contribution in [-0.2, 0) is 4.79 Å². The lowest BCUT2D eigenvalue weighted by Crippen LogP contribution is -2.41. The maximum atomic E-state index is 14.1. The first-order valence-corrected chi connectivity index (χ1v) is 10.6. The number of hydrogen-bond acceptors (Lipinski definition) is 5. The summed E-state index contributed by atoms with van der Waals surface area (Å²) in [5.74, 6) is 0.0765. The van der Waals surface area contributed by atoms with Gasteiger partial charge in [-0.25, -0.2) is 9.37 Å². The van der Waals surface area contributed by atoms with E-state index in [2.05, 4.69) is 23.7 Å². The van der Waals surface area contributed by atoms with E-state index in [1.54, 1.807) is 11.0 Å². The molecule has 0 fully saturated rings. The second-order valence-corrected chi connectivity index (χ2v) is 7.77.